The summed E-state index contributed by atoms with van der Waals surface area (Å²) in [6.45, 7) is 3.98. The smallest absolute Gasteiger partial charge is 0.256 e. The van der Waals surface area contributed by atoms with Gasteiger partial charge in [-0.15, -0.1) is 0 Å². The van der Waals surface area contributed by atoms with Crippen molar-refractivity contribution in [3.63, 3.8) is 0 Å². The first-order valence-corrected chi connectivity index (χ1v) is 5.29. The topological polar surface area (TPSA) is 33.2 Å². The van der Waals surface area contributed by atoms with Crippen LogP contribution in [0.2, 0.25) is 0 Å². The van der Waals surface area contributed by atoms with E-state index < -0.39 is 0 Å². The molecule has 1 amide bonds. The lowest BCUT2D eigenvalue weighted by Crippen LogP contribution is -2.27. The predicted octanol–water partition coefficient (Wildman–Crippen LogP) is 1.63. The number of hydrogen-bond acceptors (Lipinski definition) is 3. The minimum Gasteiger partial charge on any atom is -0.338 e. The Kier molecular flexibility index (Phi) is 2.31. The molecule has 1 aliphatic heterocycles. The van der Waals surface area contributed by atoms with E-state index in [1.165, 1.54) is 11.5 Å². The standard InChI is InChI=1S/C9H12N2OS/c1-7-2-3-11(5-7)9(12)8-4-10-13-6-8/h4,6-7H,2-3,5H2,1H3. The summed E-state index contributed by atoms with van der Waals surface area (Å²) in [5.74, 6) is 0.786. The molecule has 2 heterocycles. The fourth-order valence-electron chi connectivity index (χ4n) is 1.61. The summed E-state index contributed by atoms with van der Waals surface area (Å²) in [6, 6.07) is 0. The Hall–Kier alpha value is -0.900. The normalized spacial score (nSPS) is 22.2. The van der Waals surface area contributed by atoms with Gasteiger partial charge in [-0.2, -0.15) is 0 Å². The molecule has 1 atom stereocenters. The third-order valence-corrected chi connectivity index (χ3v) is 2.98. The van der Waals surface area contributed by atoms with E-state index in [1.54, 1.807) is 6.20 Å². The molecule has 0 spiro atoms. The highest BCUT2D eigenvalue weighted by Crippen LogP contribution is 2.17. The molecule has 1 aromatic heterocycles. The first kappa shape index (κ1) is 8.69. The molecule has 1 unspecified atom stereocenters. The van der Waals surface area contributed by atoms with Gasteiger partial charge < -0.3 is 4.90 Å². The Morgan fingerprint density at radius 1 is 1.77 bits per heavy atom. The molecule has 3 nitrogen and oxygen atoms in total. The first-order valence-electron chi connectivity index (χ1n) is 4.46. The summed E-state index contributed by atoms with van der Waals surface area (Å²) in [6.07, 6.45) is 2.78. The van der Waals surface area contributed by atoms with Crippen LogP contribution < -0.4 is 0 Å². The largest absolute Gasteiger partial charge is 0.338 e. The SMILES string of the molecule is CC1CCN(C(=O)c2cnsc2)C1. The van der Waals surface area contributed by atoms with Gasteiger partial charge in [-0.3, -0.25) is 4.79 Å². The number of carbonyl (C=O) groups excluding carboxylic acids is 1. The van der Waals surface area contributed by atoms with Crippen LogP contribution in [0.15, 0.2) is 11.6 Å². The number of amides is 1. The Morgan fingerprint density at radius 2 is 2.62 bits per heavy atom. The number of likely N-dealkylation sites (tertiary alicyclic amines) is 1. The first-order chi connectivity index (χ1) is 6.27. The van der Waals surface area contributed by atoms with Crippen molar-refractivity contribution in [3.05, 3.63) is 17.1 Å². The van der Waals surface area contributed by atoms with Gasteiger partial charge in [0.05, 0.1) is 11.8 Å². The molecule has 1 aromatic rings. The van der Waals surface area contributed by atoms with Crippen molar-refractivity contribution >= 4 is 17.4 Å². The van der Waals surface area contributed by atoms with Gasteiger partial charge in [0.1, 0.15) is 0 Å². The molecule has 2 rings (SSSR count). The number of hydrogen-bond donors (Lipinski definition) is 0. The van der Waals surface area contributed by atoms with E-state index in [0.29, 0.717) is 5.92 Å². The van der Waals surface area contributed by atoms with Gasteiger partial charge in [0.25, 0.3) is 5.91 Å². The van der Waals surface area contributed by atoms with Crippen LogP contribution in [0.5, 0.6) is 0 Å². The summed E-state index contributed by atoms with van der Waals surface area (Å²) in [5, 5.41) is 1.81. The highest BCUT2D eigenvalue weighted by Gasteiger charge is 2.24. The maximum atomic E-state index is 11.7. The van der Waals surface area contributed by atoms with Crippen LogP contribution in [-0.2, 0) is 0 Å². The van der Waals surface area contributed by atoms with Gasteiger partial charge in [-0.25, -0.2) is 4.37 Å². The average molecular weight is 196 g/mol. The quantitative estimate of drug-likeness (QED) is 0.684. The van der Waals surface area contributed by atoms with E-state index in [0.717, 1.165) is 25.1 Å². The Bertz CT molecular complexity index is 297. The summed E-state index contributed by atoms with van der Waals surface area (Å²) in [5.41, 5.74) is 0.735. The van der Waals surface area contributed by atoms with E-state index in [1.807, 2.05) is 10.3 Å². The maximum absolute atomic E-state index is 11.7. The van der Waals surface area contributed by atoms with Crippen molar-refractivity contribution in [1.82, 2.24) is 9.27 Å². The predicted molar refractivity (Wildman–Crippen MR) is 51.8 cm³/mol. The lowest BCUT2D eigenvalue weighted by molar-refractivity contribution is 0.0788. The highest BCUT2D eigenvalue weighted by molar-refractivity contribution is 7.03. The fourth-order valence-corrected chi connectivity index (χ4v) is 2.12. The van der Waals surface area contributed by atoms with Crippen LogP contribution in [0, 0.1) is 5.92 Å². The molecule has 0 bridgehead atoms. The molecule has 0 radical (unpaired) electrons. The van der Waals surface area contributed by atoms with E-state index in [9.17, 15) is 4.79 Å². The summed E-state index contributed by atoms with van der Waals surface area (Å²) >= 11 is 1.33. The van der Waals surface area contributed by atoms with Crippen LogP contribution in [0.3, 0.4) is 0 Å². The molecule has 0 aliphatic carbocycles. The second kappa shape index (κ2) is 3.46. The number of nitrogens with zero attached hydrogens (tertiary/aromatic N) is 2. The molecular weight excluding hydrogens is 184 g/mol. The number of aromatic nitrogens is 1. The molecule has 13 heavy (non-hydrogen) atoms. The van der Waals surface area contributed by atoms with Crippen LogP contribution >= 0.6 is 11.5 Å². The fraction of sp³-hybridized carbons (Fsp3) is 0.556. The van der Waals surface area contributed by atoms with Crippen LogP contribution in [0.4, 0.5) is 0 Å². The van der Waals surface area contributed by atoms with Crippen molar-refractivity contribution in [2.45, 2.75) is 13.3 Å². The third-order valence-electron chi connectivity index (χ3n) is 2.39. The second-order valence-electron chi connectivity index (χ2n) is 3.56. The van der Waals surface area contributed by atoms with Crippen molar-refractivity contribution in [3.8, 4) is 0 Å². The highest BCUT2D eigenvalue weighted by atomic mass is 32.1. The Balaban J connectivity index is 2.06. The molecule has 1 saturated heterocycles. The third kappa shape index (κ3) is 1.72. The van der Waals surface area contributed by atoms with E-state index in [2.05, 4.69) is 11.3 Å². The maximum Gasteiger partial charge on any atom is 0.256 e. The van der Waals surface area contributed by atoms with Gasteiger partial charge in [0, 0.05) is 18.5 Å². The van der Waals surface area contributed by atoms with Gasteiger partial charge in [-0.1, -0.05) is 6.92 Å². The minimum atomic E-state index is 0.137. The minimum absolute atomic E-state index is 0.137. The van der Waals surface area contributed by atoms with Gasteiger partial charge >= 0.3 is 0 Å². The molecule has 0 aromatic carbocycles. The van der Waals surface area contributed by atoms with Crippen LogP contribution in [0.1, 0.15) is 23.7 Å². The van der Waals surface area contributed by atoms with Crippen LogP contribution in [0.25, 0.3) is 0 Å². The summed E-state index contributed by atoms with van der Waals surface area (Å²) in [7, 11) is 0. The van der Waals surface area contributed by atoms with E-state index >= 15 is 0 Å². The van der Waals surface area contributed by atoms with Crippen molar-refractivity contribution < 1.29 is 4.79 Å². The zero-order chi connectivity index (χ0) is 9.26. The summed E-state index contributed by atoms with van der Waals surface area (Å²) in [4.78, 5) is 13.7. The number of carbonyl (C=O) groups is 1. The Labute approximate surface area is 81.5 Å². The van der Waals surface area contributed by atoms with Crippen molar-refractivity contribution in [2.24, 2.45) is 5.92 Å². The molecule has 70 valence electrons. The molecule has 1 fully saturated rings. The lowest BCUT2D eigenvalue weighted by Gasteiger charge is -2.14. The molecule has 1 aliphatic rings. The van der Waals surface area contributed by atoms with Gasteiger partial charge in [0.15, 0.2) is 0 Å². The number of rotatable bonds is 1. The van der Waals surface area contributed by atoms with Gasteiger partial charge in [-0.05, 0) is 23.9 Å². The summed E-state index contributed by atoms with van der Waals surface area (Å²) < 4.78 is 3.93. The molecule has 4 heteroatoms. The van der Waals surface area contributed by atoms with Gasteiger partial charge in [0.2, 0.25) is 0 Å². The lowest BCUT2D eigenvalue weighted by atomic mass is 10.2. The molecule has 0 N–H and O–H groups in total. The second-order valence-corrected chi connectivity index (χ2v) is 4.22. The Morgan fingerprint density at radius 3 is 3.15 bits per heavy atom. The van der Waals surface area contributed by atoms with Crippen LogP contribution in [-0.4, -0.2) is 28.3 Å². The van der Waals surface area contributed by atoms with Crippen molar-refractivity contribution in [2.75, 3.05) is 13.1 Å². The zero-order valence-corrected chi connectivity index (χ0v) is 8.38. The molecule has 0 saturated carbocycles. The molecular formula is C9H12N2OS. The monoisotopic (exact) mass is 196 g/mol. The van der Waals surface area contributed by atoms with E-state index in [4.69, 9.17) is 0 Å². The van der Waals surface area contributed by atoms with Crippen molar-refractivity contribution in [1.29, 1.82) is 0 Å². The van der Waals surface area contributed by atoms with E-state index in [-0.39, 0.29) is 5.91 Å². The average Bonchev–Trinajstić information content (AvgIpc) is 2.72. The zero-order valence-electron chi connectivity index (χ0n) is 7.56.